The summed E-state index contributed by atoms with van der Waals surface area (Å²) in [6.07, 6.45) is 7.01. The summed E-state index contributed by atoms with van der Waals surface area (Å²) in [4.78, 5) is 14.6. The molecule has 23 heavy (non-hydrogen) atoms. The summed E-state index contributed by atoms with van der Waals surface area (Å²) in [5, 5.41) is 0. The van der Waals surface area contributed by atoms with Crippen molar-refractivity contribution in [2.45, 2.75) is 50.6 Å². The van der Waals surface area contributed by atoms with Crippen molar-refractivity contribution in [1.82, 2.24) is 4.90 Å². The van der Waals surface area contributed by atoms with Gasteiger partial charge in [0, 0.05) is 12.6 Å². The summed E-state index contributed by atoms with van der Waals surface area (Å²) < 4.78 is 10.3. The van der Waals surface area contributed by atoms with E-state index in [0.717, 1.165) is 25.1 Å². The Balaban J connectivity index is 1.67. The Labute approximate surface area is 138 Å². The summed E-state index contributed by atoms with van der Waals surface area (Å²) in [6.45, 7) is 0.924. The summed E-state index contributed by atoms with van der Waals surface area (Å²) in [5.74, 6) is 1.49. The lowest BCUT2D eigenvalue weighted by Crippen LogP contribution is -2.43. The zero-order valence-electron chi connectivity index (χ0n) is 14.2. The first-order chi connectivity index (χ1) is 11.2. The van der Waals surface area contributed by atoms with E-state index in [1.165, 1.54) is 38.4 Å². The minimum Gasteiger partial charge on any atom is -0.497 e. The predicted molar refractivity (Wildman–Crippen MR) is 89.6 cm³/mol. The monoisotopic (exact) mass is 317 g/mol. The molecule has 0 radical (unpaired) electrons. The smallest absolute Gasteiger partial charge is 0.323 e. The molecule has 1 aromatic carbocycles. The van der Waals surface area contributed by atoms with E-state index < -0.39 is 0 Å². The maximum atomic E-state index is 12.2. The summed E-state index contributed by atoms with van der Waals surface area (Å²) in [5.41, 5.74) is 1.29. The first kappa shape index (κ1) is 16.3. The molecular weight excluding hydrogens is 290 g/mol. The van der Waals surface area contributed by atoms with Gasteiger partial charge in [0.25, 0.3) is 0 Å². The fraction of sp³-hybridized carbons (Fsp3) is 0.632. The highest BCUT2D eigenvalue weighted by molar-refractivity contribution is 5.76. The Bertz CT molecular complexity index is 528. The number of carbonyl (C=O) groups is 1. The van der Waals surface area contributed by atoms with E-state index >= 15 is 0 Å². The number of nitrogens with zero attached hydrogens (tertiary/aromatic N) is 1. The Kier molecular flexibility index (Phi) is 5.21. The second kappa shape index (κ2) is 7.35. The summed E-state index contributed by atoms with van der Waals surface area (Å²) >= 11 is 0. The van der Waals surface area contributed by atoms with Gasteiger partial charge in [-0.05, 0) is 49.3 Å². The lowest BCUT2D eigenvalue weighted by atomic mass is 9.84. The van der Waals surface area contributed by atoms with Crippen molar-refractivity contribution in [1.29, 1.82) is 0 Å². The fourth-order valence-electron chi connectivity index (χ4n) is 4.29. The third-order valence-electron chi connectivity index (χ3n) is 5.51. The second-order valence-electron chi connectivity index (χ2n) is 6.72. The Morgan fingerprint density at radius 1 is 1.17 bits per heavy atom. The number of rotatable bonds is 5. The molecule has 1 aliphatic carbocycles. The van der Waals surface area contributed by atoms with Crippen LogP contribution in [0.2, 0.25) is 0 Å². The molecular formula is C19H27NO3. The van der Waals surface area contributed by atoms with E-state index in [1.54, 1.807) is 7.11 Å². The van der Waals surface area contributed by atoms with Gasteiger partial charge in [0.05, 0.1) is 14.2 Å². The number of likely N-dealkylation sites (tertiary alicyclic amines) is 1. The number of methoxy groups -OCH3 is 2. The van der Waals surface area contributed by atoms with E-state index in [4.69, 9.17) is 9.47 Å². The van der Waals surface area contributed by atoms with E-state index in [1.807, 2.05) is 12.1 Å². The first-order valence-electron chi connectivity index (χ1n) is 8.69. The minimum absolute atomic E-state index is 0.0497. The molecule has 2 aliphatic rings. The molecule has 1 saturated carbocycles. The molecule has 126 valence electrons. The second-order valence-corrected chi connectivity index (χ2v) is 6.72. The van der Waals surface area contributed by atoms with Gasteiger partial charge in [-0.25, -0.2) is 0 Å². The van der Waals surface area contributed by atoms with Gasteiger partial charge in [-0.3, -0.25) is 9.69 Å². The molecule has 0 amide bonds. The molecule has 3 rings (SSSR count). The number of carbonyl (C=O) groups excluding carboxylic acids is 1. The SMILES string of the molecule is COC(=O)C1CC2CCCCC2N1CCc1ccc(OC)cc1. The maximum absolute atomic E-state index is 12.2. The molecule has 1 saturated heterocycles. The van der Waals surface area contributed by atoms with Crippen molar-refractivity contribution in [2.24, 2.45) is 5.92 Å². The van der Waals surface area contributed by atoms with Crippen LogP contribution in [0.15, 0.2) is 24.3 Å². The molecule has 1 aliphatic heterocycles. The minimum atomic E-state index is -0.0610. The average molecular weight is 317 g/mol. The Morgan fingerprint density at radius 2 is 1.91 bits per heavy atom. The van der Waals surface area contributed by atoms with Crippen LogP contribution in [0.1, 0.15) is 37.7 Å². The zero-order valence-corrected chi connectivity index (χ0v) is 14.2. The van der Waals surface area contributed by atoms with Gasteiger partial charge in [0.1, 0.15) is 11.8 Å². The molecule has 0 N–H and O–H groups in total. The average Bonchev–Trinajstić information content (AvgIpc) is 2.98. The van der Waals surface area contributed by atoms with Gasteiger partial charge in [0.15, 0.2) is 0 Å². The van der Waals surface area contributed by atoms with Crippen molar-refractivity contribution in [3.8, 4) is 5.75 Å². The van der Waals surface area contributed by atoms with Gasteiger partial charge in [-0.15, -0.1) is 0 Å². The largest absolute Gasteiger partial charge is 0.497 e. The molecule has 1 heterocycles. The quantitative estimate of drug-likeness (QED) is 0.783. The summed E-state index contributed by atoms with van der Waals surface area (Å²) in [7, 11) is 3.19. The molecule has 0 bridgehead atoms. The van der Waals surface area contributed by atoms with Crippen LogP contribution in [0, 0.1) is 5.92 Å². The first-order valence-corrected chi connectivity index (χ1v) is 8.69. The third kappa shape index (κ3) is 3.52. The Morgan fingerprint density at radius 3 is 2.61 bits per heavy atom. The van der Waals surface area contributed by atoms with Crippen LogP contribution >= 0.6 is 0 Å². The number of esters is 1. The molecule has 2 fully saturated rings. The van der Waals surface area contributed by atoms with E-state index in [2.05, 4.69) is 17.0 Å². The van der Waals surface area contributed by atoms with Crippen LogP contribution in [-0.4, -0.2) is 43.7 Å². The van der Waals surface area contributed by atoms with E-state index in [9.17, 15) is 4.79 Å². The highest BCUT2D eigenvalue weighted by Gasteiger charge is 2.45. The number of ether oxygens (including phenoxy) is 2. The normalized spacial score (nSPS) is 27.5. The number of hydrogen-bond acceptors (Lipinski definition) is 4. The van der Waals surface area contributed by atoms with Gasteiger partial charge in [-0.2, -0.15) is 0 Å². The van der Waals surface area contributed by atoms with Crippen molar-refractivity contribution in [3.63, 3.8) is 0 Å². The van der Waals surface area contributed by atoms with Crippen molar-refractivity contribution in [2.75, 3.05) is 20.8 Å². The molecule has 4 heteroatoms. The third-order valence-corrected chi connectivity index (χ3v) is 5.51. The van der Waals surface area contributed by atoms with Gasteiger partial charge >= 0.3 is 5.97 Å². The lowest BCUT2D eigenvalue weighted by molar-refractivity contribution is -0.146. The summed E-state index contributed by atoms with van der Waals surface area (Å²) in [6, 6.07) is 8.74. The lowest BCUT2D eigenvalue weighted by Gasteiger charge is -2.33. The molecule has 0 aromatic heterocycles. The predicted octanol–water partition coefficient (Wildman–Crippen LogP) is 3.04. The molecule has 3 atom stereocenters. The van der Waals surface area contributed by atoms with Crippen LogP contribution in [0.4, 0.5) is 0 Å². The number of fused-ring (bicyclic) bond motifs is 1. The van der Waals surface area contributed by atoms with Gasteiger partial charge in [-0.1, -0.05) is 25.0 Å². The van der Waals surface area contributed by atoms with Gasteiger partial charge in [0.2, 0.25) is 0 Å². The van der Waals surface area contributed by atoms with Crippen LogP contribution in [-0.2, 0) is 16.0 Å². The molecule has 0 spiro atoms. The fourth-order valence-corrected chi connectivity index (χ4v) is 4.29. The molecule has 4 nitrogen and oxygen atoms in total. The Hall–Kier alpha value is -1.55. The van der Waals surface area contributed by atoms with E-state index in [-0.39, 0.29) is 12.0 Å². The van der Waals surface area contributed by atoms with E-state index in [0.29, 0.717) is 12.0 Å². The van der Waals surface area contributed by atoms with Crippen molar-refractivity contribution < 1.29 is 14.3 Å². The highest BCUT2D eigenvalue weighted by Crippen LogP contribution is 2.40. The molecule has 3 unspecified atom stereocenters. The highest BCUT2D eigenvalue weighted by atomic mass is 16.5. The zero-order chi connectivity index (χ0) is 16.2. The van der Waals surface area contributed by atoms with Gasteiger partial charge < -0.3 is 9.47 Å². The number of hydrogen-bond donors (Lipinski definition) is 0. The maximum Gasteiger partial charge on any atom is 0.323 e. The van der Waals surface area contributed by atoms with Crippen LogP contribution in [0.5, 0.6) is 5.75 Å². The van der Waals surface area contributed by atoms with Crippen molar-refractivity contribution >= 4 is 5.97 Å². The molecule has 1 aromatic rings. The van der Waals surface area contributed by atoms with Crippen LogP contribution in [0.3, 0.4) is 0 Å². The topological polar surface area (TPSA) is 38.8 Å². The van der Waals surface area contributed by atoms with Crippen LogP contribution < -0.4 is 4.74 Å². The number of benzene rings is 1. The van der Waals surface area contributed by atoms with Crippen LogP contribution in [0.25, 0.3) is 0 Å². The van der Waals surface area contributed by atoms with Crippen molar-refractivity contribution in [3.05, 3.63) is 29.8 Å². The standard InChI is InChI=1S/C19H27NO3/c1-22-16-9-7-14(8-10-16)11-12-20-17-6-4-3-5-15(17)13-18(20)19(21)23-2/h7-10,15,17-18H,3-6,11-13H2,1-2H3.